The fraction of sp³-hybridized carbons (Fsp3) is 0.333. The second kappa shape index (κ2) is 8.62. The van der Waals surface area contributed by atoms with Gasteiger partial charge in [0.2, 0.25) is 0 Å². The largest absolute Gasteiger partial charge is 0.451 e. The molecule has 3 rings (SSSR count). The fourth-order valence-corrected chi connectivity index (χ4v) is 3.49. The first kappa shape index (κ1) is 22.1. The zero-order chi connectivity index (χ0) is 22.1. The molecule has 0 aliphatic heterocycles. The Labute approximate surface area is 181 Å². The Morgan fingerprint density at radius 2 is 1.77 bits per heavy atom. The Kier molecular flexibility index (Phi) is 6.34. The summed E-state index contributed by atoms with van der Waals surface area (Å²) in [4.78, 5) is 27.0. The van der Waals surface area contributed by atoms with Gasteiger partial charge >= 0.3 is 0 Å². The number of halogens is 1. The molecule has 0 spiro atoms. The lowest BCUT2D eigenvalue weighted by atomic mass is 9.86. The van der Waals surface area contributed by atoms with Crippen LogP contribution in [0, 0.1) is 0 Å². The number of carbonyl (C=O) groups excluding carboxylic acids is 1. The molecular formula is C24H27ClN2O3. The molecule has 1 amide bonds. The second-order valence-corrected chi connectivity index (χ2v) is 9.11. The van der Waals surface area contributed by atoms with Gasteiger partial charge in [-0.15, -0.1) is 0 Å². The Balaban J connectivity index is 1.78. The summed E-state index contributed by atoms with van der Waals surface area (Å²) in [6.45, 7) is 6.91. The Hall–Kier alpha value is -2.63. The molecule has 0 saturated carbocycles. The standard InChI is InChI=1S/C24H27ClN2O3/c1-24(2,3)16-8-6-15(7-9-16)19(27(4)5)14-26-23(29)22-13-20(28)18-12-17(25)10-11-21(18)30-22/h6-13,19H,14H2,1-5H3,(H,26,29). The lowest BCUT2D eigenvalue weighted by Crippen LogP contribution is -2.34. The quantitative estimate of drug-likeness (QED) is 0.637. The molecule has 0 fully saturated rings. The van der Waals surface area contributed by atoms with E-state index in [2.05, 4.69) is 50.4 Å². The number of hydrogen-bond acceptors (Lipinski definition) is 4. The number of carbonyl (C=O) groups is 1. The molecule has 1 atom stereocenters. The minimum absolute atomic E-state index is 0.0181. The smallest absolute Gasteiger partial charge is 0.287 e. The fourth-order valence-electron chi connectivity index (χ4n) is 3.32. The highest BCUT2D eigenvalue weighted by Crippen LogP contribution is 2.25. The van der Waals surface area contributed by atoms with Crippen molar-refractivity contribution in [3.63, 3.8) is 0 Å². The molecule has 1 unspecified atom stereocenters. The zero-order valence-electron chi connectivity index (χ0n) is 18.0. The SMILES string of the molecule is CN(C)C(CNC(=O)c1cc(=O)c2cc(Cl)ccc2o1)c1ccc(C(C)(C)C)cc1. The summed E-state index contributed by atoms with van der Waals surface area (Å²) in [5.41, 5.74) is 2.47. The number of nitrogens with one attached hydrogen (secondary N) is 1. The predicted molar refractivity (Wildman–Crippen MR) is 121 cm³/mol. The minimum Gasteiger partial charge on any atom is -0.451 e. The Bertz CT molecular complexity index is 1110. The van der Waals surface area contributed by atoms with E-state index in [0.717, 1.165) is 5.56 Å². The van der Waals surface area contributed by atoms with Crippen molar-refractivity contribution in [1.29, 1.82) is 0 Å². The third-order valence-electron chi connectivity index (χ3n) is 5.15. The van der Waals surface area contributed by atoms with Crippen LogP contribution in [0.5, 0.6) is 0 Å². The Morgan fingerprint density at radius 3 is 2.37 bits per heavy atom. The van der Waals surface area contributed by atoms with Gasteiger partial charge in [0.25, 0.3) is 5.91 Å². The van der Waals surface area contributed by atoms with Gasteiger partial charge < -0.3 is 14.6 Å². The van der Waals surface area contributed by atoms with E-state index in [1.165, 1.54) is 17.7 Å². The monoisotopic (exact) mass is 426 g/mol. The molecule has 1 heterocycles. The van der Waals surface area contributed by atoms with Crippen LogP contribution in [-0.4, -0.2) is 31.4 Å². The molecule has 1 aromatic heterocycles. The third-order valence-corrected chi connectivity index (χ3v) is 5.39. The summed E-state index contributed by atoms with van der Waals surface area (Å²) in [5.74, 6) is -0.447. The lowest BCUT2D eigenvalue weighted by Gasteiger charge is -2.26. The molecule has 0 radical (unpaired) electrons. The highest BCUT2D eigenvalue weighted by molar-refractivity contribution is 6.31. The minimum atomic E-state index is -0.429. The maximum absolute atomic E-state index is 12.7. The maximum atomic E-state index is 12.7. The number of benzene rings is 2. The summed E-state index contributed by atoms with van der Waals surface area (Å²) in [6.07, 6.45) is 0. The van der Waals surface area contributed by atoms with Crippen molar-refractivity contribution in [2.45, 2.75) is 32.2 Å². The Morgan fingerprint density at radius 1 is 1.10 bits per heavy atom. The molecule has 5 nitrogen and oxygen atoms in total. The van der Waals surface area contributed by atoms with Crippen LogP contribution in [0.25, 0.3) is 11.0 Å². The number of nitrogens with zero attached hydrogens (tertiary/aromatic N) is 1. The maximum Gasteiger partial charge on any atom is 0.287 e. The summed E-state index contributed by atoms with van der Waals surface area (Å²) >= 11 is 5.94. The van der Waals surface area contributed by atoms with Gasteiger partial charge in [0, 0.05) is 17.6 Å². The molecule has 0 bridgehead atoms. The molecule has 2 aromatic carbocycles. The van der Waals surface area contributed by atoms with Crippen LogP contribution in [0.4, 0.5) is 0 Å². The van der Waals surface area contributed by atoms with Crippen molar-refractivity contribution in [3.05, 3.63) is 80.7 Å². The topological polar surface area (TPSA) is 62.6 Å². The molecule has 3 aromatic rings. The van der Waals surface area contributed by atoms with Crippen LogP contribution < -0.4 is 10.7 Å². The molecule has 0 aliphatic carbocycles. The number of rotatable bonds is 5. The number of amides is 1. The van der Waals surface area contributed by atoms with Gasteiger partial charge in [-0.25, -0.2) is 0 Å². The van der Waals surface area contributed by atoms with Crippen molar-refractivity contribution in [3.8, 4) is 0 Å². The van der Waals surface area contributed by atoms with E-state index >= 15 is 0 Å². The van der Waals surface area contributed by atoms with E-state index in [-0.39, 0.29) is 22.6 Å². The van der Waals surface area contributed by atoms with Crippen LogP contribution >= 0.6 is 11.6 Å². The average Bonchev–Trinajstić information content (AvgIpc) is 2.68. The van der Waals surface area contributed by atoms with E-state index in [1.807, 2.05) is 19.0 Å². The van der Waals surface area contributed by atoms with Crippen LogP contribution in [-0.2, 0) is 5.41 Å². The van der Waals surface area contributed by atoms with Crippen molar-refractivity contribution >= 4 is 28.5 Å². The summed E-state index contributed by atoms with van der Waals surface area (Å²) in [7, 11) is 3.93. The van der Waals surface area contributed by atoms with Gasteiger partial charge in [0.15, 0.2) is 11.2 Å². The average molecular weight is 427 g/mol. The lowest BCUT2D eigenvalue weighted by molar-refractivity contribution is 0.0914. The first-order valence-electron chi connectivity index (χ1n) is 9.85. The first-order chi connectivity index (χ1) is 14.1. The van der Waals surface area contributed by atoms with Crippen molar-refractivity contribution in [2.75, 3.05) is 20.6 Å². The van der Waals surface area contributed by atoms with E-state index in [0.29, 0.717) is 22.5 Å². The molecule has 0 aliphatic rings. The normalized spacial score (nSPS) is 12.9. The molecule has 158 valence electrons. The predicted octanol–water partition coefficient (Wildman–Crippen LogP) is 4.78. The van der Waals surface area contributed by atoms with Crippen LogP contribution in [0.3, 0.4) is 0 Å². The van der Waals surface area contributed by atoms with Gasteiger partial charge in [-0.2, -0.15) is 0 Å². The van der Waals surface area contributed by atoms with Crippen molar-refractivity contribution in [1.82, 2.24) is 10.2 Å². The summed E-state index contributed by atoms with van der Waals surface area (Å²) in [6, 6.07) is 14.4. The highest BCUT2D eigenvalue weighted by Gasteiger charge is 2.19. The van der Waals surface area contributed by atoms with Crippen LogP contribution in [0.2, 0.25) is 5.02 Å². The summed E-state index contributed by atoms with van der Waals surface area (Å²) < 4.78 is 5.63. The molecular weight excluding hydrogens is 400 g/mol. The molecule has 6 heteroatoms. The van der Waals surface area contributed by atoms with E-state index in [9.17, 15) is 9.59 Å². The van der Waals surface area contributed by atoms with Gasteiger partial charge in [-0.05, 0) is 48.8 Å². The third kappa shape index (κ3) is 4.91. The van der Waals surface area contributed by atoms with E-state index in [1.54, 1.807) is 12.1 Å². The van der Waals surface area contributed by atoms with Crippen molar-refractivity contribution < 1.29 is 9.21 Å². The van der Waals surface area contributed by atoms with Gasteiger partial charge in [0.05, 0.1) is 11.4 Å². The van der Waals surface area contributed by atoms with E-state index in [4.69, 9.17) is 16.0 Å². The molecule has 0 saturated heterocycles. The van der Waals surface area contributed by atoms with Crippen molar-refractivity contribution in [2.24, 2.45) is 0 Å². The number of fused-ring (bicyclic) bond motifs is 1. The van der Waals surface area contributed by atoms with Gasteiger partial charge in [0.1, 0.15) is 5.58 Å². The highest BCUT2D eigenvalue weighted by atomic mass is 35.5. The number of hydrogen-bond donors (Lipinski definition) is 1. The van der Waals surface area contributed by atoms with Gasteiger partial charge in [-0.1, -0.05) is 56.6 Å². The molecule has 1 N–H and O–H groups in total. The second-order valence-electron chi connectivity index (χ2n) is 8.68. The number of likely N-dealkylation sites (N-methyl/N-ethyl adjacent to an activating group) is 1. The first-order valence-corrected chi connectivity index (χ1v) is 10.2. The van der Waals surface area contributed by atoms with Crippen LogP contribution in [0.15, 0.2) is 57.7 Å². The summed E-state index contributed by atoms with van der Waals surface area (Å²) in [5, 5.41) is 3.68. The van der Waals surface area contributed by atoms with Gasteiger partial charge in [-0.3, -0.25) is 9.59 Å². The molecule has 30 heavy (non-hydrogen) atoms. The zero-order valence-corrected chi connectivity index (χ0v) is 18.7. The van der Waals surface area contributed by atoms with Crippen LogP contribution in [0.1, 0.15) is 48.5 Å². The van der Waals surface area contributed by atoms with E-state index < -0.39 is 5.91 Å².